The third kappa shape index (κ3) is 4.91. The number of hydrogen-bond acceptors (Lipinski definition) is 5. The first-order chi connectivity index (χ1) is 12.5. The van der Waals surface area contributed by atoms with E-state index in [4.69, 9.17) is 4.74 Å². The highest BCUT2D eigenvalue weighted by atomic mass is 32.1. The highest BCUT2D eigenvalue weighted by Crippen LogP contribution is 2.29. The average Bonchev–Trinajstić information content (AvgIpc) is 3.02. The van der Waals surface area contributed by atoms with Gasteiger partial charge in [-0.1, -0.05) is 61.9 Å². The van der Waals surface area contributed by atoms with Crippen LogP contribution in [0.2, 0.25) is 0 Å². The number of nitrogens with zero attached hydrogens (tertiary/aromatic N) is 2. The Bertz CT molecular complexity index is 743. The first kappa shape index (κ1) is 20.1. The fourth-order valence-electron chi connectivity index (χ4n) is 2.71. The number of carbonyl (C=O) groups is 2. The lowest BCUT2D eigenvalue weighted by Gasteiger charge is -2.23. The van der Waals surface area contributed by atoms with Gasteiger partial charge in [0.15, 0.2) is 5.13 Å². The standard InChI is InChI=1S/C20H26N2O3S/c1-5-10-14(3)18(23)22(13-16-11-8-7-9-12-16)20-21-15(4)17(26-20)19(24)25-6-2/h7-9,11-12,14H,5-6,10,13H2,1-4H3. The van der Waals surface area contributed by atoms with Crippen LogP contribution < -0.4 is 4.90 Å². The van der Waals surface area contributed by atoms with Crippen molar-refractivity contribution in [1.82, 2.24) is 4.98 Å². The molecule has 0 aliphatic heterocycles. The van der Waals surface area contributed by atoms with Gasteiger partial charge in [-0.25, -0.2) is 9.78 Å². The second-order valence-corrected chi connectivity index (χ2v) is 7.21. The van der Waals surface area contributed by atoms with Crippen LogP contribution in [0.1, 0.15) is 54.5 Å². The normalized spacial score (nSPS) is 11.8. The number of ether oxygens (including phenoxy) is 1. The van der Waals surface area contributed by atoms with Crippen molar-refractivity contribution in [2.75, 3.05) is 11.5 Å². The maximum Gasteiger partial charge on any atom is 0.350 e. The first-order valence-corrected chi connectivity index (χ1v) is 9.79. The summed E-state index contributed by atoms with van der Waals surface area (Å²) in [6.45, 7) is 8.29. The predicted octanol–water partition coefficient (Wildman–Crippen LogP) is 4.60. The third-order valence-corrected chi connectivity index (χ3v) is 5.23. The number of anilines is 1. The number of aromatic nitrogens is 1. The smallest absolute Gasteiger partial charge is 0.350 e. The minimum Gasteiger partial charge on any atom is -0.462 e. The molecule has 140 valence electrons. The Labute approximate surface area is 159 Å². The molecule has 0 radical (unpaired) electrons. The largest absolute Gasteiger partial charge is 0.462 e. The summed E-state index contributed by atoms with van der Waals surface area (Å²) in [7, 11) is 0. The average molecular weight is 375 g/mol. The van der Waals surface area contributed by atoms with Crippen molar-refractivity contribution in [2.45, 2.75) is 47.1 Å². The van der Waals surface area contributed by atoms with Gasteiger partial charge in [0.1, 0.15) is 4.88 Å². The zero-order chi connectivity index (χ0) is 19.1. The van der Waals surface area contributed by atoms with Gasteiger partial charge in [-0.05, 0) is 25.8 Å². The van der Waals surface area contributed by atoms with Crippen molar-refractivity contribution in [3.05, 3.63) is 46.5 Å². The van der Waals surface area contributed by atoms with E-state index in [-0.39, 0.29) is 17.8 Å². The van der Waals surface area contributed by atoms with Crippen LogP contribution in [0.3, 0.4) is 0 Å². The van der Waals surface area contributed by atoms with E-state index in [1.165, 1.54) is 11.3 Å². The number of rotatable bonds is 8. The van der Waals surface area contributed by atoms with Crippen LogP contribution >= 0.6 is 11.3 Å². The fourth-order valence-corrected chi connectivity index (χ4v) is 3.68. The molecule has 6 heteroatoms. The minimum atomic E-state index is -0.387. The summed E-state index contributed by atoms with van der Waals surface area (Å²) in [4.78, 5) is 31.8. The van der Waals surface area contributed by atoms with Crippen molar-refractivity contribution in [3.63, 3.8) is 0 Å². The second kappa shape index (κ2) is 9.48. The summed E-state index contributed by atoms with van der Waals surface area (Å²) in [6.07, 6.45) is 1.76. The van der Waals surface area contributed by atoms with Crippen molar-refractivity contribution >= 4 is 28.3 Å². The maximum absolute atomic E-state index is 13.0. The predicted molar refractivity (Wildman–Crippen MR) is 105 cm³/mol. The van der Waals surface area contributed by atoms with E-state index in [1.807, 2.05) is 37.3 Å². The molecular weight excluding hydrogens is 348 g/mol. The monoisotopic (exact) mass is 374 g/mol. The molecule has 0 bridgehead atoms. The van der Waals surface area contributed by atoms with Crippen molar-refractivity contribution in [2.24, 2.45) is 5.92 Å². The lowest BCUT2D eigenvalue weighted by molar-refractivity contribution is -0.122. The third-order valence-electron chi connectivity index (χ3n) is 4.07. The summed E-state index contributed by atoms with van der Waals surface area (Å²) in [5, 5.41) is 0.544. The lowest BCUT2D eigenvalue weighted by atomic mass is 10.0. The molecule has 0 spiro atoms. The highest BCUT2D eigenvalue weighted by Gasteiger charge is 2.26. The Morgan fingerprint density at radius 1 is 1.23 bits per heavy atom. The molecule has 1 aromatic heterocycles. The summed E-state index contributed by atoms with van der Waals surface area (Å²) >= 11 is 1.22. The Balaban J connectivity index is 2.35. The Morgan fingerprint density at radius 2 is 1.92 bits per heavy atom. The lowest BCUT2D eigenvalue weighted by Crippen LogP contribution is -2.34. The molecule has 0 saturated heterocycles. The number of esters is 1. The molecule has 26 heavy (non-hydrogen) atoms. The van der Waals surface area contributed by atoms with Gasteiger partial charge >= 0.3 is 5.97 Å². The molecular formula is C20H26N2O3S. The van der Waals surface area contributed by atoms with Crippen LogP contribution in [-0.2, 0) is 16.1 Å². The van der Waals surface area contributed by atoms with Gasteiger partial charge < -0.3 is 4.74 Å². The number of amides is 1. The Hall–Kier alpha value is -2.21. The summed E-state index contributed by atoms with van der Waals surface area (Å²) in [5.41, 5.74) is 1.62. The van der Waals surface area contributed by atoms with Gasteiger partial charge in [0.25, 0.3) is 0 Å². The Morgan fingerprint density at radius 3 is 2.54 bits per heavy atom. The molecule has 5 nitrogen and oxygen atoms in total. The van der Waals surface area contributed by atoms with Gasteiger partial charge in [0, 0.05) is 5.92 Å². The van der Waals surface area contributed by atoms with E-state index in [0.29, 0.717) is 28.9 Å². The maximum atomic E-state index is 13.0. The molecule has 1 atom stereocenters. The van der Waals surface area contributed by atoms with E-state index in [9.17, 15) is 9.59 Å². The fraction of sp³-hybridized carbons (Fsp3) is 0.450. The van der Waals surface area contributed by atoms with Gasteiger partial charge in [-0.15, -0.1) is 0 Å². The van der Waals surface area contributed by atoms with Crippen molar-refractivity contribution in [3.8, 4) is 0 Å². The van der Waals surface area contributed by atoms with E-state index < -0.39 is 0 Å². The molecule has 2 rings (SSSR count). The number of carbonyl (C=O) groups excluding carboxylic acids is 2. The van der Waals surface area contributed by atoms with Crippen molar-refractivity contribution in [1.29, 1.82) is 0 Å². The molecule has 0 aliphatic rings. The molecule has 1 heterocycles. The minimum absolute atomic E-state index is 0.0276. The summed E-state index contributed by atoms with van der Waals surface area (Å²) in [5.74, 6) is -0.457. The van der Waals surface area contributed by atoms with Crippen molar-refractivity contribution < 1.29 is 14.3 Å². The van der Waals surface area contributed by atoms with Gasteiger partial charge in [0.2, 0.25) is 5.91 Å². The van der Waals surface area contributed by atoms with E-state index in [1.54, 1.807) is 18.7 Å². The number of aryl methyl sites for hydroxylation is 1. The number of benzene rings is 1. The molecule has 1 aromatic carbocycles. The molecule has 0 N–H and O–H groups in total. The van der Waals surface area contributed by atoms with Gasteiger partial charge in [-0.2, -0.15) is 0 Å². The molecule has 0 aliphatic carbocycles. The Kier molecular flexibility index (Phi) is 7.33. The molecule has 1 unspecified atom stereocenters. The quantitative estimate of drug-likeness (QED) is 0.634. The molecule has 0 fully saturated rings. The van der Waals surface area contributed by atoms with Gasteiger partial charge in [0.05, 0.1) is 18.8 Å². The van der Waals surface area contributed by atoms with E-state index in [2.05, 4.69) is 11.9 Å². The van der Waals surface area contributed by atoms with Crippen LogP contribution in [0.4, 0.5) is 5.13 Å². The highest BCUT2D eigenvalue weighted by molar-refractivity contribution is 7.17. The molecule has 0 saturated carbocycles. The molecule has 1 amide bonds. The summed E-state index contributed by atoms with van der Waals surface area (Å²) < 4.78 is 5.09. The van der Waals surface area contributed by atoms with Gasteiger partial charge in [-0.3, -0.25) is 9.69 Å². The van der Waals surface area contributed by atoms with Crippen LogP contribution in [0.25, 0.3) is 0 Å². The number of hydrogen-bond donors (Lipinski definition) is 0. The van der Waals surface area contributed by atoms with Crippen LogP contribution in [0.5, 0.6) is 0 Å². The first-order valence-electron chi connectivity index (χ1n) is 8.97. The topological polar surface area (TPSA) is 59.5 Å². The summed E-state index contributed by atoms with van der Waals surface area (Å²) in [6, 6.07) is 9.81. The zero-order valence-electron chi connectivity index (χ0n) is 15.8. The van der Waals surface area contributed by atoms with Crippen LogP contribution in [-0.4, -0.2) is 23.5 Å². The zero-order valence-corrected chi connectivity index (χ0v) is 16.6. The van der Waals surface area contributed by atoms with E-state index >= 15 is 0 Å². The van der Waals surface area contributed by atoms with E-state index in [0.717, 1.165) is 18.4 Å². The van der Waals surface area contributed by atoms with Crippen LogP contribution in [0.15, 0.2) is 30.3 Å². The SMILES string of the molecule is CCCC(C)C(=O)N(Cc1ccccc1)c1nc(C)c(C(=O)OCC)s1. The molecule has 2 aromatic rings. The van der Waals surface area contributed by atoms with Crippen LogP contribution in [0, 0.1) is 12.8 Å². The second-order valence-electron chi connectivity index (χ2n) is 6.23. The number of thiazole rings is 1.